The third-order valence-electron chi connectivity index (χ3n) is 4.56. The zero-order valence-corrected chi connectivity index (χ0v) is 15.7. The summed E-state index contributed by atoms with van der Waals surface area (Å²) >= 11 is 0. The van der Waals surface area contributed by atoms with Crippen LogP contribution in [0.3, 0.4) is 0 Å². The Hall–Kier alpha value is -1.21. The Labute approximate surface area is 156 Å². The molecular weight excluding hydrogens is 336 g/mol. The third kappa shape index (κ3) is 9.48. The molecule has 0 amide bonds. The first-order valence-electron chi connectivity index (χ1n) is 9.68. The van der Waals surface area contributed by atoms with Gasteiger partial charge in [-0.1, -0.05) is 50.5 Å². The molecule has 1 aliphatic rings. The van der Waals surface area contributed by atoms with Gasteiger partial charge in [-0.25, -0.2) is 0 Å². The summed E-state index contributed by atoms with van der Waals surface area (Å²) in [4.78, 5) is 10.4. The molecule has 5 atom stereocenters. The van der Waals surface area contributed by atoms with E-state index in [4.69, 9.17) is 9.84 Å². The number of carboxylic acids is 1. The molecule has 1 saturated heterocycles. The van der Waals surface area contributed by atoms with Crippen LogP contribution in [0.15, 0.2) is 24.3 Å². The Morgan fingerprint density at radius 1 is 1.19 bits per heavy atom. The summed E-state index contributed by atoms with van der Waals surface area (Å²) in [7, 11) is 0. The number of allylic oxidation sites excluding steroid dienone is 1. The molecule has 0 aromatic heterocycles. The van der Waals surface area contributed by atoms with Gasteiger partial charge >= 0.3 is 5.97 Å². The van der Waals surface area contributed by atoms with Crippen molar-refractivity contribution in [1.29, 1.82) is 0 Å². The summed E-state index contributed by atoms with van der Waals surface area (Å²) in [5.74, 6) is -0.804. The molecule has 150 valence electrons. The minimum Gasteiger partial charge on any atom is -0.481 e. The van der Waals surface area contributed by atoms with Crippen LogP contribution in [-0.2, 0) is 9.53 Å². The molecule has 0 spiro atoms. The first kappa shape index (κ1) is 22.8. The van der Waals surface area contributed by atoms with E-state index in [1.165, 1.54) is 12.2 Å². The summed E-state index contributed by atoms with van der Waals surface area (Å²) in [6.45, 7) is 2.12. The predicted octanol–water partition coefficient (Wildman–Crippen LogP) is 2.56. The number of rotatable bonds is 13. The maximum Gasteiger partial charge on any atom is 0.303 e. The molecule has 1 rings (SSSR count). The van der Waals surface area contributed by atoms with E-state index in [2.05, 4.69) is 6.92 Å². The highest BCUT2D eigenvalue weighted by molar-refractivity contribution is 5.66. The van der Waals surface area contributed by atoms with E-state index < -0.39 is 30.4 Å². The van der Waals surface area contributed by atoms with Gasteiger partial charge in [-0.15, -0.1) is 0 Å². The van der Waals surface area contributed by atoms with Gasteiger partial charge in [0.05, 0.1) is 30.5 Å². The maximum absolute atomic E-state index is 10.4. The van der Waals surface area contributed by atoms with Crippen molar-refractivity contribution in [2.45, 2.75) is 95.2 Å². The molecule has 0 aromatic carbocycles. The molecule has 1 heterocycles. The van der Waals surface area contributed by atoms with E-state index >= 15 is 0 Å². The van der Waals surface area contributed by atoms with Crippen molar-refractivity contribution >= 4 is 5.97 Å². The summed E-state index contributed by atoms with van der Waals surface area (Å²) in [6.07, 6.45) is 10.2. The van der Waals surface area contributed by atoms with Crippen LogP contribution in [0.25, 0.3) is 0 Å². The normalized spacial score (nSPS) is 25.9. The second-order valence-electron chi connectivity index (χ2n) is 6.95. The highest BCUT2D eigenvalue weighted by atomic mass is 16.5. The topological polar surface area (TPSA) is 107 Å². The fraction of sp³-hybridized carbons (Fsp3) is 0.750. The van der Waals surface area contributed by atoms with Crippen molar-refractivity contribution in [2.24, 2.45) is 0 Å². The van der Waals surface area contributed by atoms with Gasteiger partial charge in [0, 0.05) is 12.8 Å². The van der Waals surface area contributed by atoms with Crippen LogP contribution in [0.4, 0.5) is 0 Å². The molecule has 6 heteroatoms. The van der Waals surface area contributed by atoms with E-state index in [0.717, 1.165) is 25.7 Å². The standard InChI is InChI=1S/C20H34O6/c1-2-3-6-10-18-17(23)14-19(26-18)16(22)13-12-15(21)9-7-4-5-8-11-20(24)25/h4,7,12-13,15-19,21-23H,2-3,5-6,8-11,14H2,1H3,(H,24,25)/b7-4-,13-12-/t15-,16-,17-,18-,19+/m0/s1. The number of hydrogen-bond acceptors (Lipinski definition) is 5. The fourth-order valence-electron chi connectivity index (χ4n) is 3.01. The lowest BCUT2D eigenvalue weighted by Crippen LogP contribution is -2.25. The first-order valence-corrected chi connectivity index (χ1v) is 9.68. The first-order chi connectivity index (χ1) is 12.4. The quantitative estimate of drug-likeness (QED) is 0.293. The van der Waals surface area contributed by atoms with Crippen molar-refractivity contribution < 1.29 is 30.0 Å². The van der Waals surface area contributed by atoms with Gasteiger partial charge in [0.1, 0.15) is 0 Å². The molecule has 0 aromatic rings. The number of carbonyl (C=O) groups is 1. The maximum atomic E-state index is 10.4. The molecule has 1 aliphatic heterocycles. The largest absolute Gasteiger partial charge is 0.481 e. The smallest absolute Gasteiger partial charge is 0.303 e. The average molecular weight is 370 g/mol. The van der Waals surface area contributed by atoms with Gasteiger partial charge in [-0.2, -0.15) is 0 Å². The van der Waals surface area contributed by atoms with Crippen LogP contribution in [0.2, 0.25) is 0 Å². The Balaban J connectivity index is 2.27. The summed E-state index contributed by atoms with van der Waals surface area (Å²) in [6, 6.07) is 0. The Morgan fingerprint density at radius 2 is 1.96 bits per heavy atom. The number of carboxylic acid groups (broad SMARTS) is 1. The lowest BCUT2D eigenvalue weighted by atomic mass is 10.0. The lowest BCUT2D eigenvalue weighted by molar-refractivity contribution is -0.137. The molecule has 0 bridgehead atoms. The Kier molecular flexibility index (Phi) is 11.4. The molecule has 0 aliphatic carbocycles. The summed E-state index contributed by atoms with van der Waals surface area (Å²) in [5.41, 5.74) is 0. The van der Waals surface area contributed by atoms with Gasteiger partial charge in [0.2, 0.25) is 0 Å². The van der Waals surface area contributed by atoms with Gasteiger partial charge in [0.25, 0.3) is 0 Å². The van der Waals surface area contributed by atoms with Crippen LogP contribution in [0, 0.1) is 0 Å². The van der Waals surface area contributed by atoms with Crippen LogP contribution < -0.4 is 0 Å². The van der Waals surface area contributed by atoms with Crippen LogP contribution in [0.1, 0.15) is 64.7 Å². The second-order valence-corrected chi connectivity index (χ2v) is 6.95. The fourth-order valence-corrected chi connectivity index (χ4v) is 3.01. The van der Waals surface area contributed by atoms with Gasteiger partial charge in [0.15, 0.2) is 0 Å². The average Bonchev–Trinajstić information content (AvgIpc) is 2.97. The van der Waals surface area contributed by atoms with Crippen LogP contribution >= 0.6 is 0 Å². The zero-order chi connectivity index (χ0) is 19.4. The van der Waals surface area contributed by atoms with Crippen molar-refractivity contribution in [3.63, 3.8) is 0 Å². The number of aliphatic hydroxyl groups is 3. The van der Waals surface area contributed by atoms with Gasteiger partial charge < -0.3 is 25.2 Å². The number of ether oxygens (including phenoxy) is 1. The minimum absolute atomic E-state index is 0.145. The number of aliphatic hydroxyl groups excluding tert-OH is 3. The second kappa shape index (κ2) is 13.0. The van der Waals surface area contributed by atoms with E-state index in [-0.39, 0.29) is 12.5 Å². The minimum atomic E-state index is -0.852. The number of unbranched alkanes of at least 4 members (excludes halogenated alkanes) is 3. The molecule has 0 saturated carbocycles. The van der Waals surface area contributed by atoms with Gasteiger partial charge in [-0.05, 0) is 25.7 Å². The molecule has 4 N–H and O–H groups in total. The Morgan fingerprint density at radius 3 is 2.65 bits per heavy atom. The molecule has 26 heavy (non-hydrogen) atoms. The SMILES string of the molecule is CCCCC[C@@H]1O[C@@H]([C@@H](O)/C=C\[C@@H](O)C/C=C\CCCC(=O)O)C[C@@H]1O. The molecule has 6 nitrogen and oxygen atoms in total. The molecule has 0 unspecified atom stereocenters. The third-order valence-corrected chi connectivity index (χ3v) is 4.56. The van der Waals surface area contributed by atoms with Crippen LogP contribution in [-0.4, -0.2) is 56.9 Å². The van der Waals surface area contributed by atoms with Crippen molar-refractivity contribution in [3.8, 4) is 0 Å². The highest BCUT2D eigenvalue weighted by Gasteiger charge is 2.36. The van der Waals surface area contributed by atoms with E-state index in [9.17, 15) is 20.1 Å². The molecule has 0 radical (unpaired) electrons. The highest BCUT2D eigenvalue weighted by Crippen LogP contribution is 2.27. The van der Waals surface area contributed by atoms with E-state index in [1.807, 2.05) is 12.2 Å². The van der Waals surface area contributed by atoms with E-state index in [1.54, 1.807) is 0 Å². The molecule has 1 fully saturated rings. The van der Waals surface area contributed by atoms with Crippen molar-refractivity contribution in [1.82, 2.24) is 0 Å². The van der Waals surface area contributed by atoms with Gasteiger partial charge in [-0.3, -0.25) is 4.79 Å². The van der Waals surface area contributed by atoms with Crippen molar-refractivity contribution in [2.75, 3.05) is 0 Å². The van der Waals surface area contributed by atoms with Crippen LogP contribution in [0.5, 0.6) is 0 Å². The lowest BCUT2D eigenvalue weighted by Gasteiger charge is -2.17. The number of hydrogen-bond donors (Lipinski definition) is 4. The Bertz CT molecular complexity index is 448. The molecular formula is C20H34O6. The zero-order valence-electron chi connectivity index (χ0n) is 15.7. The number of aliphatic carboxylic acids is 1. The predicted molar refractivity (Wildman–Crippen MR) is 99.8 cm³/mol. The monoisotopic (exact) mass is 370 g/mol. The summed E-state index contributed by atoms with van der Waals surface area (Å²) < 4.78 is 5.76. The summed E-state index contributed by atoms with van der Waals surface area (Å²) in [5, 5.41) is 38.7. The van der Waals surface area contributed by atoms with Crippen molar-refractivity contribution in [3.05, 3.63) is 24.3 Å². The van der Waals surface area contributed by atoms with E-state index in [0.29, 0.717) is 25.7 Å².